The highest BCUT2D eigenvalue weighted by Crippen LogP contribution is 2.32. The van der Waals surface area contributed by atoms with Crippen molar-refractivity contribution >= 4 is 5.91 Å². The zero-order chi connectivity index (χ0) is 14.7. The van der Waals surface area contributed by atoms with Gasteiger partial charge in [0.1, 0.15) is 5.54 Å². The maximum atomic E-state index is 12.1. The van der Waals surface area contributed by atoms with Gasteiger partial charge < -0.3 is 5.73 Å². The zero-order valence-electron chi connectivity index (χ0n) is 12.6. The Balaban J connectivity index is 1.63. The molecule has 4 nitrogen and oxygen atoms in total. The zero-order valence-corrected chi connectivity index (χ0v) is 12.6. The highest BCUT2D eigenvalue weighted by Gasteiger charge is 2.45. The summed E-state index contributed by atoms with van der Waals surface area (Å²) in [6.07, 6.45) is 4.13. The molecule has 0 aliphatic carbocycles. The van der Waals surface area contributed by atoms with Crippen molar-refractivity contribution in [3.63, 3.8) is 0 Å². The molecule has 3 rings (SSSR count). The van der Waals surface area contributed by atoms with Crippen LogP contribution in [0.25, 0.3) is 0 Å². The van der Waals surface area contributed by atoms with E-state index in [1.807, 2.05) is 6.07 Å². The summed E-state index contributed by atoms with van der Waals surface area (Å²) >= 11 is 0. The van der Waals surface area contributed by atoms with E-state index in [0.717, 1.165) is 45.6 Å². The van der Waals surface area contributed by atoms with Crippen LogP contribution in [0.3, 0.4) is 0 Å². The topological polar surface area (TPSA) is 49.6 Å². The van der Waals surface area contributed by atoms with Gasteiger partial charge in [-0.2, -0.15) is 0 Å². The largest absolute Gasteiger partial charge is 0.368 e. The third-order valence-corrected chi connectivity index (χ3v) is 5.10. The Kier molecular flexibility index (Phi) is 4.27. The lowest BCUT2D eigenvalue weighted by atomic mass is 9.85. The van der Waals surface area contributed by atoms with Gasteiger partial charge in [-0.15, -0.1) is 0 Å². The Morgan fingerprint density at radius 2 is 1.67 bits per heavy atom. The van der Waals surface area contributed by atoms with Gasteiger partial charge in [0.05, 0.1) is 0 Å². The molecule has 2 N–H and O–H groups in total. The van der Waals surface area contributed by atoms with Gasteiger partial charge in [-0.1, -0.05) is 30.3 Å². The number of nitrogens with zero attached hydrogens (tertiary/aromatic N) is 2. The minimum absolute atomic E-state index is 0.122. The molecule has 0 aromatic heterocycles. The van der Waals surface area contributed by atoms with Crippen molar-refractivity contribution in [1.82, 2.24) is 9.80 Å². The van der Waals surface area contributed by atoms with E-state index in [0.29, 0.717) is 0 Å². The summed E-state index contributed by atoms with van der Waals surface area (Å²) in [4.78, 5) is 16.9. The van der Waals surface area contributed by atoms with Crippen molar-refractivity contribution in [3.8, 4) is 0 Å². The van der Waals surface area contributed by atoms with Gasteiger partial charge in [-0.3, -0.25) is 14.6 Å². The summed E-state index contributed by atoms with van der Waals surface area (Å²) in [5.41, 5.74) is 6.73. The molecule has 21 heavy (non-hydrogen) atoms. The number of amides is 1. The first-order chi connectivity index (χ1) is 10.2. The van der Waals surface area contributed by atoms with Crippen LogP contribution >= 0.6 is 0 Å². The molecule has 2 saturated heterocycles. The maximum absolute atomic E-state index is 12.1. The first-order valence-corrected chi connectivity index (χ1v) is 8.02. The first kappa shape index (κ1) is 14.5. The molecule has 0 spiro atoms. The van der Waals surface area contributed by atoms with Crippen LogP contribution in [0.4, 0.5) is 0 Å². The third-order valence-electron chi connectivity index (χ3n) is 5.10. The molecular formula is C17H25N3O. The normalized spacial score (nSPS) is 23.2. The fourth-order valence-electron chi connectivity index (χ4n) is 3.79. The van der Waals surface area contributed by atoms with Crippen LogP contribution in [-0.2, 0) is 11.3 Å². The Hall–Kier alpha value is -1.39. The monoisotopic (exact) mass is 287 g/mol. The van der Waals surface area contributed by atoms with Crippen LogP contribution in [-0.4, -0.2) is 47.4 Å². The van der Waals surface area contributed by atoms with E-state index in [2.05, 4.69) is 34.1 Å². The Morgan fingerprint density at radius 3 is 2.24 bits per heavy atom. The predicted octanol–water partition coefficient (Wildman–Crippen LogP) is 1.60. The summed E-state index contributed by atoms with van der Waals surface area (Å²) in [6, 6.07) is 10.5. The second-order valence-corrected chi connectivity index (χ2v) is 6.35. The molecule has 0 radical (unpaired) electrons. The average Bonchev–Trinajstić information content (AvgIpc) is 3.04. The van der Waals surface area contributed by atoms with Gasteiger partial charge >= 0.3 is 0 Å². The molecule has 4 heteroatoms. The minimum atomic E-state index is -0.385. The Morgan fingerprint density at radius 1 is 1.05 bits per heavy atom. The number of piperidine rings is 1. The summed E-state index contributed by atoms with van der Waals surface area (Å²) in [6.45, 7) is 4.93. The second kappa shape index (κ2) is 6.16. The molecule has 1 aromatic rings. The van der Waals surface area contributed by atoms with Gasteiger partial charge in [0.2, 0.25) is 5.91 Å². The maximum Gasteiger partial charge on any atom is 0.238 e. The van der Waals surface area contributed by atoms with Crippen LogP contribution in [0.2, 0.25) is 0 Å². The Bertz CT molecular complexity index is 474. The number of nitrogens with two attached hydrogens (primary N) is 1. The number of primary amides is 1. The SMILES string of the molecule is NC(=O)C1(N2CCCC2)CCN(Cc2ccccc2)CC1. The van der Waals surface area contributed by atoms with Crippen molar-refractivity contribution in [3.05, 3.63) is 35.9 Å². The number of carbonyl (C=O) groups excluding carboxylic acids is 1. The predicted molar refractivity (Wildman–Crippen MR) is 83.7 cm³/mol. The lowest BCUT2D eigenvalue weighted by Gasteiger charge is -2.45. The highest BCUT2D eigenvalue weighted by molar-refractivity contribution is 5.85. The number of benzene rings is 1. The van der Waals surface area contributed by atoms with E-state index in [9.17, 15) is 4.79 Å². The van der Waals surface area contributed by atoms with Crippen LogP contribution in [0, 0.1) is 0 Å². The van der Waals surface area contributed by atoms with Crippen molar-refractivity contribution < 1.29 is 4.79 Å². The smallest absolute Gasteiger partial charge is 0.238 e. The highest BCUT2D eigenvalue weighted by atomic mass is 16.1. The van der Waals surface area contributed by atoms with Gasteiger partial charge in [0.25, 0.3) is 0 Å². The van der Waals surface area contributed by atoms with Crippen molar-refractivity contribution in [2.75, 3.05) is 26.2 Å². The van der Waals surface area contributed by atoms with E-state index < -0.39 is 0 Å². The molecule has 2 aliphatic rings. The Labute approximate surface area is 126 Å². The summed E-state index contributed by atoms with van der Waals surface area (Å²) < 4.78 is 0. The lowest BCUT2D eigenvalue weighted by molar-refractivity contribution is -0.133. The molecule has 0 unspecified atom stereocenters. The average molecular weight is 287 g/mol. The number of likely N-dealkylation sites (tertiary alicyclic amines) is 2. The standard InChI is InChI=1S/C17H25N3O/c18-16(21)17(20-10-4-5-11-20)8-12-19(13-9-17)14-15-6-2-1-3-7-15/h1-3,6-7H,4-5,8-14H2,(H2,18,21). The summed E-state index contributed by atoms with van der Waals surface area (Å²) in [5, 5.41) is 0. The fraction of sp³-hybridized carbons (Fsp3) is 0.588. The van der Waals surface area contributed by atoms with E-state index in [-0.39, 0.29) is 11.4 Å². The van der Waals surface area contributed by atoms with Crippen LogP contribution in [0.1, 0.15) is 31.2 Å². The molecule has 0 atom stereocenters. The summed E-state index contributed by atoms with van der Waals surface area (Å²) in [7, 11) is 0. The van der Waals surface area contributed by atoms with E-state index in [1.165, 1.54) is 18.4 Å². The number of hydrogen-bond acceptors (Lipinski definition) is 3. The van der Waals surface area contributed by atoms with Crippen LogP contribution < -0.4 is 5.73 Å². The van der Waals surface area contributed by atoms with Crippen LogP contribution in [0.15, 0.2) is 30.3 Å². The lowest BCUT2D eigenvalue weighted by Crippen LogP contribution is -2.61. The molecule has 114 valence electrons. The molecule has 0 saturated carbocycles. The first-order valence-electron chi connectivity index (χ1n) is 8.02. The van der Waals surface area contributed by atoms with Gasteiger partial charge in [0, 0.05) is 19.6 Å². The van der Waals surface area contributed by atoms with E-state index >= 15 is 0 Å². The molecular weight excluding hydrogens is 262 g/mol. The van der Waals surface area contributed by atoms with Gasteiger partial charge in [-0.05, 0) is 44.3 Å². The van der Waals surface area contributed by atoms with Crippen molar-refractivity contribution in [2.45, 2.75) is 37.8 Å². The quantitative estimate of drug-likeness (QED) is 0.915. The number of carbonyl (C=O) groups is 1. The van der Waals surface area contributed by atoms with Crippen molar-refractivity contribution in [2.24, 2.45) is 5.73 Å². The number of rotatable bonds is 4. The molecule has 2 heterocycles. The fourth-order valence-corrected chi connectivity index (χ4v) is 3.79. The molecule has 1 amide bonds. The third kappa shape index (κ3) is 2.97. The molecule has 1 aromatic carbocycles. The summed E-state index contributed by atoms with van der Waals surface area (Å²) in [5.74, 6) is -0.122. The number of hydrogen-bond donors (Lipinski definition) is 1. The van der Waals surface area contributed by atoms with Crippen LogP contribution in [0.5, 0.6) is 0 Å². The minimum Gasteiger partial charge on any atom is -0.368 e. The molecule has 2 aliphatic heterocycles. The van der Waals surface area contributed by atoms with E-state index in [4.69, 9.17) is 5.73 Å². The van der Waals surface area contributed by atoms with Crippen molar-refractivity contribution in [1.29, 1.82) is 0 Å². The molecule has 2 fully saturated rings. The van der Waals surface area contributed by atoms with Gasteiger partial charge in [0.15, 0.2) is 0 Å². The second-order valence-electron chi connectivity index (χ2n) is 6.35. The van der Waals surface area contributed by atoms with E-state index in [1.54, 1.807) is 0 Å². The van der Waals surface area contributed by atoms with Gasteiger partial charge in [-0.25, -0.2) is 0 Å². The molecule has 0 bridgehead atoms.